The van der Waals surface area contributed by atoms with Crippen LogP contribution in [0, 0.1) is 0 Å². The van der Waals surface area contributed by atoms with Crippen LogP contribution in [-0.2, 0) is 14.6 Å². The van der Waals surface area contributed by atoms with Crippen molar-refractivity contribution in [3.63, 3.8) is 0 Å². The van der Waals surface area contributed by atoms with E-state index in [0.29, 0.717) is 24.0 Å². The molecule has 0 aliphatic carbocycles. The fourth-order valence-corrected chi connectivity index (χ4v) is 4.49. The number of para-hydroxylation sites is 2. The van der Waals surface area contributed by atoms with Crippen LogP contribution in [-0.4, -0.2) is 53.3 Å². The maximum absolute atomic E-state index is 12.7. The van der Waals surface area contributed by atoms with E-state index in [-0.39, 0.29) is 10.9 Å². The summed E-state index contributed by atoms with van der Waals surface area (Å²) < 4.78 is 30.9. The van der Waals surface area contributed by atoms with Crippen LogP contribution in [0.5, 0.6) is 0 Å². The number of hydrogen-bond donors (Lipinski definition) is 1. The Morgan fingerprint density at radius 1 is 1.36 bits per heavy atom. The third-order valence-electron chi connectivity index (χ3n) is 4.08. The first-order valence-electron chi connectivity index (χ1n) is 8.33. The number of nitrogens with zero attached hydrogens (tertiary/aromatic N) is 2. The molecule has 0 bridgehead atoms. The molecule has 3 rings (SSSR count). The number of fused-ring (bicyclic) bond motifs is 1. The number of amides is 1. The molecule has 1 atom stereocenters. The lowest BCUT2D eigenvalue weighted by Gasteiger charge is -2.28. The highest BCUT2D eigenvalue weighted by Crippen LogP contribution is 2.24. The van der Waals surface area contributed by atoms with E-state index in [9.17, 15) is 13.2 Å². The maximum Gasteiger partial charge on any atom is 0.410 e. The zero-order valence-electron chi connectivity index (χ0n) is 14.7. The van der Waals surface area contributed by atoms with Crippen molar-refractivity contribution < 1.29 is 17.9 Å². The van der Waals surface area contributed by atoms with E-state index >= 15 is 0 Å². The first-order valence-corrected chi connectivity index (χ1v) is 9.98. The lowest BCUT2D eigenvalue weighted by atomic mass is 10.2. The van der Waals surface area contributed by atoms with E-state index in [1.54, 1.807) is 39.0 Å². The van der Waals surface area contributed by atoms with Crippen molar-refractivity contribution in [2.75, 3.05) is 12.3 Å². The van der Waals surface area contributed by atoms with Gasteiger partial charge in [-0.2, -0.15) is 0 Å². The van der Waals surface area contributed by atoms with Gasteiger partial charge in [0.05, 0.1) is 16.8 Å². The van der Waals surface area contributed by atoms with Crippen molar-refractivity contribution in [3.05, 3.63) is 24.3 Å². The number of imidazole rings is 1. The third-order valence-corrected chi connectivity index (χ3v) is 5.69. The van der Waals surface area contributed by atoms with Crippen molar-refractivity contribution in [1.29, 1.82) is 0 Å². The minimum absolute atomic E-state index is 0.0512. The molecule has 1 saturated heterocycles. The molecule has 0 saturated carbocycles. The van der Waals surface area contributed by atoms with Gasteiger partial charge in [-0.05, 0) is 45.7 Å². The summed E-state index contributed by atoms with van der Waals surface area (Å²) >= 11 is 0. The molecule has 1 fully saturated rings. The molecule has 2 aromatic rings. The molecule has 8 heteroatoms. The van der Waals surface area contributed by atoms with Gasteiger partial charge in [0.15, 0.2) is 0 Å². The second-order valence-electron chi connectivity index (χ2n) is 7.31. The summed E-state index contributed by atoms with van der Waals surface area (Å²) in [4.78, 5) is 20.9. The smallest absolute Gasteiger partial charge is 0.410 e. The number of ether oxygens (including phenoxy) is 1. The summed E-state index contributed by atoms with van der Waals surface area (Å²) in [6, 6.07) is 6.77. The van der Waals surface area contributed by atoms with Crippen molar-refractivity contribution in [3.8, 4) is 0 Å². The van der Waals surface area contributed by atoms with Gasteiger partial charge in [0.25, 0.3) is 0 Å². The number of benzene rings is 1. The van der Waals surface area contributed by atoms with Crippen LogP contribution in [0.2, 0.25) is 0 Å². The van der Waals surface area contributed by atoms with Gasteiger partial charge in [-0.25, -0.2) is 18.2 Å². The predicted octanol–water partition coefficient (Wildman–Crippen LogP) is 2.74. The number of carbonyl (C=O) groups is 1. The Labute approximate surface area is 147 Å². The number of hydrogen-bond acceptors (Lipinski definition) is 5. The summed E-state index contributed by atoms with van der Waals surface area (Å²) in [5, 5.41) is -0.0512. The topological polar surface area (TPSA) is 92.4 Å². The number of aromatic amines is 1. The molecular formula is C17H23N3O4S. The SMILES string of the molecule is CC(C)(C)OC(=O)N1CCC[C@@H]1CS(=O)(=O)c1nc2ccccc2[nH]1. The molecule has 1 N–H and O–H groups in total. The highest BCUT2D eigenvalue weighted by Gasteiger charge is 2.36. The number of aromatic nitrogens is 2. The monoisotopic (exact) mass is 365 g/mol. The van der Waals surface area contributed by atoms with Crippen LogP contribution >= 0.6 is 0 Å². The fraction of sp³-hybridized carbons (Fsp3) is 0.529. The van der Waals surface area contributed by atoms with Crippen LogP contribution in [0.25, 0.3) is 11.0 Å². The second-order valence-corrected chi connectivity index (χ2v) is 9.26. The molecule has 25 heavy (non-hydrogen) atoms. The second kappa shape index (κ2) is 6.33. The number of likely N-dealkylation sites (tertiary alicyclic amines) is 1. The number of carbonyl (C=O) groups excluding carboxylic acids is 1. The third kappa shape index (κ3) is 3.95. The van der Waals surface area contributed by atoms with E-state index in [2.05, 4.69) is 9.97 Å². The van der Waals surface area contributed by atoms with Gasteiger partial charge >= 0.3 is 6.09 Å². The Morgan fingerprint density at radius 2 is 2.08 bits per heavy atom. The van der Waals surface area contributed by atoms with Crippen LogP contribution in [0.15, 0.2) is 29.4 Å². The molecule has 1 amide bonds. The average molecular weight is 365 g/mol. The van der Waals surface area contributed by atoms with Crippen LogP contribution in [0.4, 0.5) is 4.79 Å². The maximum atomic E-state index is 12.7. The fourth-order valence-electron chi connectivity index (χ4n) is 2.98. The number of nitrogens with one attached hydrogen (secondary N) is 1. The van der Waals surface area contributed by atoms with Crippen molar-refractivity contribution in [2.45, 2.75) is 50.4 Å². The average Bonchev–Trinajstić information content (AvgIpc) is 3.11. The minimum atomic E-state index is -3.63. The molecule has 1 aromatic carbocycles. The summed E-state index contributed by atoms with van der Waals surface area (Å²) in [5.74, 6) is -0.161. The Bertz CT molecular complexity index is 850. The van der Waals surface area contributed by atoms with Crippen molar-refractivity contribution in [2.24, 2.45) is 0 Å². The van der Waals surface area contributed by atoms with E-state index in [1.807, 2.05) is 6.07 Å². The lowest BCUT2D eigenvalue weighted by Crippen LogP contribution is -2.42. The first-order chi connectivity index (χ1) is 11.7. The van der Waals surface area contributed by atoms with Gasteiger partial charge in [0.2, 0.25) is 15.0 Å². The number of H-pyrrole nitrogens is 1. The van der Waals surface area contributed by atoms with Gasteiger partial charge in [-0.3, -0.25) is 0 Å². The van der Waals surface area contributed by atoms with Gasteiger partial charge in [-0.15, -0.1) is 0 Å². The number of sulfone groups is 1. The van der Waals surface area contributed by atoms with Gasteiger partial charge in [0.1, 0.15) is 5.60 Å². The molecule has 136 valence electrons. The Kier molecular flexibility index (Phi) is 4.49. The number of rotatable bonds is 3. The molecule has 1 aromatic heterocycles. The standard InChI is InChI=1S/C17H23N3O4S/c1-17(2,3)24-16(21)20-10-6-7-12(20)11-25(22,23)15-18-13-8-4-5-9-14(13)19-15/h4-5,8-9,12H,6-7,10-11H2,1-3H3,(H,18,19)/t12-/m1/s1. The highest BCUT2D eigenvalue weighted by molar-refractivity contribution is 7.91. The zero-order chi connectivity index (χ0) is 18.2. The Morgan fingerprint density at radius 3 is 2.76 bits per heavy atom. The van der Waals surface area contributed by atoms with E-state index < -0.39 is 27.6 Å². The molecular weight excluding hydrogens is 342 g/mol. The van der Waals surface area contributed by atoms with Crippen LogP contribution in [0.1, 0.15) is 33.6 Å². The lowest BCUT2D eigenvalue weighted by molar-refractivity contribution is 0.0241. The minimum Gasteiger partial charge on any atom is -0.444 e. The normalized spacial score (nSPS) is 18.7. The molecule has 0 radical (unpaired) electrons. The molecule has 2 heterocycles. The predicted molar refractivity (Wildman–Crippen MR) is 94.1 cm³/mol. The van der Waals surface area contributed by atoms with E-state index in [1.165, 1.54) is 4.90 Å². The zero-order valence-corrected chi connectivity index (χ0v) is 15.5. The van der Waals surface area contributed by atoms with E-state index in [0.717, 1.165) is 6.42 Å². The van der Waals surface area contributed by atoms with Crippen molar-refractivity contribution in [1.82, 2.24) is 14.9 Å². The van der Waals surface area contributed by atoms with Gasteiger partial charge in [-0.1, -0.05) is 12.1 Å². The highest BCUT2D eigenvalue weighted by atomic mass is 32.2. The molecule has 1 aliphatic heterocycles. The quantitative estimate of drug-likeness (QED) is 0.903. The first kappa shape index (κ1) is 17.7. The van der Waals surface area contributed by atoms with E-state index in [4.69, 9.17) is 4.74 Å². The van der Waals surface area contributed by atoms with Crippen LogP contribution in [0.3, 0.4) is 0 Å². The molecule has 1 aliphatic rings. The van der Waals surface area contributed by atoms with Gasteiger partial charge in [0, 0.05) is 12.6 Å². The summed E-state index contributed by atoms with van der Waals surface area (Å²) in [5.41, 5.74) is 0.676. The Balaban J connectivity index is 1.78. The van der Waals surface area contributed by atoms with Crippen LogP contribution < -0.4 is 0 Å². The summed E-state index contributed by atoms with van der Waals surface area (Å²) in [7, 11) is -3.63. The molecule has 0 unspecified atom stereocenters. The van der Waals surface area contributed by atoms with Crippen molar-refractivity contribution >= 4 is 27.0 Å². The summed E-state index contributed by atoms with van der Waals surface area (Å²) in [6.45, 7) is 5.89. The van der Waals surface area contributed by atoms with Gasteiger partial charge < -0.3 is 14.6 Å². The largest absolute Gasteiger partial charge is 0.444 e. The molecule has 0 spiro atoms. The Hall–Kier alpha value is -2.09. The molecule has 7 nitrogen and oxygen atoms in total. The summed E-state index contributed by atoms with van der Waals surface area (Å²) in [6.07, 6.45) is 0.938.